The number of alkyl halides is 3. The van der Waals surface area contributed by atoms with E-state index in [1.165, 1.54) is 17.0 Å². The Morgan fingerprint density at radius 2 is 1.72 bits per heavy atom. The molecule has 7 nitrogen and oxygen atoms in total. The minimum absolute atomic E-state index is 0.119. The number of carbonyl (C=O) groups is 2. The molecule has 0 heterocycles. The van der Waals surface area contributed by atoms with Crippen molar-refractivity contribution in [3.8, 4) is 0 Å². The summed E-state index contributed by atoms with van der Waals surface area (Å²) < 4.78 is 65.3. The minimum Gasteiger partial charge on any atom is -0.355 e. The smallest absolute Gasteiger partial charge is 0.355 e. The van der Waals surface area contributed by atoms with E-state index < -0.39 is 46.2 Å². The van der Waals surface area contributed by atoms with Crippen LogP contribution in [-0.2, 0) is 32.3 Å². The van der Waals surface area contributed by atoms with Crippen LogP contribution >= 0.6 is 23.2 Å². The number of halogens is 5. The van der Waals surface area contributed by atoms with E-state index in [9.17, 15) is 31.2 Å². The fourth-order valence-corrected chi connectivity index (χ4v) is 4.66. The monoisotopic (exact) mass is 567 g/mol. The summed E-state index contributed by atoms with van der Waals surface area (Å²) in [6, 6.07) is 7.31. The van der Waals surface area contributed by atoms with E-state index in [4.69, 9.17) is 23.2 Å². The van der Waals surface area contributed by atoms with Crippen molar-refractivity contribution >= 4 is 50.7 Å². The van der Waals surface area contributed by atoms with E-state index in [1.54, 1.807) is 19.9 Å². The third-order valence-electron chi connectivity index (χ3n) is 5.21. The second kappa shape index (κ2) is 12.2. The molecule has 0 spiro atoms. The number of benzene rings is 2. The fraction of sp³-hybridized carbons (Fsp3) is 0.391. The van der Waals surface area contributed by atoms with E-state index in [0.717, 1.165) is 24.5 Å². The lowest BCUT2D eigenvalue weighted by molar-refractivity contribution is -0.140. The molecule has 0 bridgehead atoms. The number of nitrogens with zero attached hydrogens (tertiary/aromatic N) is 2. The van der Waals surface area contributed by atoms with Gasteiger partial charge in [-0.05, 0) is 49.2 Å². The van der Waals surface area contributed by atoms with Gasteiger partial charge in [0.2, 0.25) is 21.8 Å². The van der Waals surface area contributed by atoms with Gasteiger partial charge in [0, 0.05) is 13.1 Å². The largest absolute Gasteiger partial charge is 0.416 e. The number of anilines is 1. The van der Waals surface area contributed by atoms with Gasteiger partial charge in [-0.2, -0.15) is 13.2 Å². The van der Waals surface area contributed by atoms with E-state index in [1.807, 2.05) is 0 Å². The topological polar surface area (TPSA) is 86.8 Å². The fourth-order valence-electron chi connectivity index (χ4n) is 3.50. The Balaban J connectivity index is 2.50. The maximum Gasteiger partial charge on any atom is 0.416 e. The lowest BCUT2D eigenvalue weighted by atomic mass is 10.1. The van der Waals surface area contributed by atoms with Crippen molar-refractivity contribution in [2.75, 3.05) is 23.7 Å². The highest BCUT2D eigenvalue weighted by Crippen LogP contribution is 2.32. The number of sulfonamides is 1. The predicted octanol–water partition coefficient (Wildman–Crippen LogP) is 4.72. The molecule has 0 radical (unpaired) electrons. The Morgan fingerprint density at radius 3 is 2.25 bits per heavy atom. The van der Waals surface area contributed by atoms with Crippen LogP contribution in [0.1, 0.15) is 31.4 Å². The molecule has 0 saturated heterocycles. The molecule has 0 aliphatic carbocycles. The van der Waals surface area contributed by atoms with Gasteiger partial charge in [-0.25, -0.2) is 8.42 Å². The summed E-state index contributed by atoms with van der Waals surface area (Å²) in [6.45, 7) is 2.73. The van der Waals surface area contributed by atoms with Gasteiger partial charge >= 0.3 is 6.18 Å². The number of likely N-dealkylation sites (N-methyl/N-ethyl adjacent to an activating group) is 1. The van der Waals surface area contributed by atoms with Crippen molar-refractivity contribution in [3.05, 3.63) is 63.6 Å². The molecular formula is C23H26Cl2F3N3O4S. The number of carbonyl (C=O) groups excluding carboxylic acids is 2. The third-order valence-corrected chi connectivity index (χ3v) is 7.09. The van der Waals surface area contributed by atoms with Crippen molar-refractivity contribution < 1.29 is 31.2 Å². The normalized spacial score (nSPS) is 12.7. The second-order valence-electron chi connectivity index (χ2n) is 7.91. The molecule has 1 N–H and O–H groups in total. The Hall–Kier alpha value is -2.50. The average molecular weight is 568 g/mol. The van der Waals surface area contributed by atoms with Crippen LogP contribution in [0.2, 0.25) is 10.0 Å². The Bertz CT molecular complexity index is 1210. The molecule has 0 aliphatic heterocycles. The Labute approximate surface area is 218 Å². The Kier molecular flexibility index (Phi) is 10.0. The van der Waals surface area contributed by atoms with Crippen LogP contribution in [0.15, 0.2) is 42.5 Å². The van der Waals surface area contributed by atoms with Gasteiger partial charge in [0.25, 0.3) is 0 Å². The van der Waals surface area contributed by atoms with Crippen LogP contribution in [0.3, 0.4) is 0 Å². The first-order valence-electron chi connectivity index (χ1n) is 10.8. The van der Waals surface area contributed by atoms with Crippen LogP contribution in [0.4, 0.5) is 18.9 Å². The predicted molar refractivity (Wildman–Crippen MR) is 133 cm³/mol. The molecule has 0 fully saturated rings. The van der Waals surface area contributed by atoms with Crippen molar-refractivity contribution in [1.82, 2.24) is 10.2 Å². The van der Waals surface area contributed by atoms with Gasteiger partial charge in [0.1, 0.15) is 12.6 Å². The van der Waals surface area contributed by atoms with Gasteiger partial charge in [-0.1, -0.05) is 42.3 Å². The van der Waals surface area contributed by atoms with Crippen molar-refractivity contribution in [2.24, 2.45) is 0 Å². The molecule has 2 aromatic carbocycles. The molecule has 1 atom stereocenters. The molecule has 0 aromatic heterocycles. The zero-order chi connectivity index (χ0) is 27.3. The number of rotatable bonds is 10. The zero-order valence-electron chi connectivity index (χ0n) is 19.8. The van der Waals surface area contributed by atoms with Crippen molar-refractivity contribution in [3.63, 3.8) is 0 Å². The lowest BCUT2D eigenvalue weighted by Gasteiger charge is -2.33. The summed E-state index contributed by atoms with van der Waals surface area (Å²) >= 11 is 12.0. The molecule has 2 amide bonds. The number of hydrogen-bond donors (Lipinski definition) is 1. The van der Waals surface area contributed by atoms with Crippen LogP contribution in [0.25, 0.3) is 0 Å². The summed E-state index contributed by atoms with van der Waals surface area (Å²) in [5.41, 5.74) is -0.880. The Morgan fingerprint density at radius 1 is 1.06 bits per heavy atom. The molecule has 13 heteroatoms. The highest BCUT2D eigenvalue weighted by atomic mass is 35.5. The number of amides is 2. The average Bonchev–Trinajstić information content (AvgIpc) is 2.78. The summed E-state index contributed by atoms with van der Waals surface area (Å²) in [5, 5.41) is 3.14. The van der Waals surface area contributed by atoms with E-state index >= 15 is 0 Å². The molecule has 2 rings (SSSR count). The first-order chi connectivity index (χ1) is 16.7. The lowest BCUT2D eigenvalue weighted by Crippen LogP contribution is -2.52. The van der Waals surface area contributed by atoms with E-state index in [0.29, 0.717) is 22.5 Å². The maximum absolute atomic E-state index is 13.5. The number of nitrogens with one attached hydrogen (secondary N) is 1. The summed E-state index contributed by atoms with van der Waals surface area (Å²) in [4.78, 5) is 27.4. The molecule has 0 unspecified atom stereocenters. The van der Waals surface area contributed by atoms with E-state index in [-0.39, 0.29) is 28.7 Å². The highest BCUT2D eigenvalue weighted by molar-refractivity contribution is 7.92. The minimum atomic E-state index is -4.71. The second-order valence-corrected chi connectivity index (χ2v) is 10.6. The number of hydrogen-bond acceptors (Lipinski definition) is 4. The van der Waals surface area contributed by atoms with Gasteiger partial charge in [0.05, 0.1) is 27.6 Å². The van der Waals surface area contributed by atoms with Crippen molar-refractivity contribution in [1.29, 1.82) is 0 Å². The van der Waals surface area contributed by atoms with E-state index in [2.05, 4.69) is 5.32 Å². The van der Waals surface area contributed by atoms with Gasteiger partial charge in [-0.3, -0.25) is 13.9 Å². The molecule has 36 heavy (non-hydrogen) atoms. The van der Waals surface area contributed by atoms with Gasteiger partial charge in [-0.15, -0.1) is 0 Å². The molecule has 2 aromatic rings. The first kappa shape index (κ1) is 29.7. The SMILES string of the molecule is CCNC(=O)[C@@H](CC)N(Cc1ccc(Cl)c(Cl)c1)C(=O)CN(c1cccc(C(F)(F)F)c1)S(C)(=O)=O. The summed E-state index contributed by atoms with van der Waals surface area (Å²) in [6.07, 6.45) is -3.74. The van der Waals surface area contributed by atoms with Gasteiger partial charge in [0.15, 0.2) is 0 Å². The van der Waals surface area contributed by atoms with Gasteiger partial charge < -0.3 is 10.2 Å². The van der Waals surface area contributed by atoms with Crippen LogP contribution in [0, 0.1) is 0 Å². The first-order valence-corrected chi connectivity index (χ1v) is 13.5. The van der Waals surface area contributed by atoms with Crippen LogP contribution < -0.4 is 9.62 Å². The summed E-state index contributed by atoms with van der Waals surface area (Å²) in [7, 11) is -4.18. The molecule has 198 valence electrons. The van der Waals surface area contributed by atoms with Crippen LogP contribution in [0.5, 0.6) is 0 Å². The summed E-state index contributed by atoms with van der Waals surface area (Å²) in [5.74, 6) is -1.25. The molecular weight excluding hydrogens is 542 g/mol. The molecule has 0 saturated carbocycles. The van der Waals surface area contributed by atoms with Crippen LogP contribution in [-0.4, -0.2) is 50.5 Å². The zero-order valence-corrected chi connectivity index (χ0v) is 22.1. The standard InChI is InChI=1S/C23H26Cl2F3N3O4S/c1-4-20(22(33)29-5-2)30(13-15-9-10-18(24)19(25)11-15)21(32)14-31(36(3,34)35)17-8-6-7-16(12-17)23(26,27)28/h6-12,20H,4-5,13-14H2,1-3H3,(H,29,33)/t20-/m1/s1. The quantitative estimate of drug-likeness (QED) is 0.450. The highest BCUT2D eigenvalue weighted by Gasteiger charge is 2.34. The molecule has 0 aliphatic rings. The maximum atomic E-state index is 13.5. The third kappa shape index (κ3) is 7.75. The van der Waals surface area contributed by atoms with Crippen molar-refractivity contribution in [2.45, 2.75) is 39.0 Å².